The molecule has 0 bridgehead atoms. The molecular formula is C17H19NO. The van der Waals surface area contributed by atoms with Crippen LogP contribution in [0.2, 0.25) is 0 Å². The summed E-state index contributed by atoms with van der Waals surface area (Å²) in [7, 11) is 0. The number of nitrogens with one attached hydrogen (secondary N) is 1. The molecule has 0 saturated carbocycles. The number of carbonyl (C=O) groups excluding carboxylic acids is 1. The normalized spacial score (nSPS) is 10.4. The molecule has 2 aromatic rings. The monoisotopic (exact) mass is 253 g/mol. The third-order valence-corrected chi connectivity index (χ3v) is 3.14. The molecule has 0 aromatic heterocycles. The molecule has 0 unspecified atom stereocenters. The molecule has 19 heavy (non-hydrogen) atoms. The van der Waals surface area contributed by atoms with Gasteiger partial charge in [0.2, 0.25) is 0 Å². The molecule has 0 heterocycles. The maximum Gasteiger partial charge on any atom is 0.176 e. The maximum atomic E-state index is 12.0. The predicted octanol–water partition coefficient (Wildman–Crippen LogP) is 3.22. The molecule has 2 nitrogen and oxygen atoms in total. The van der Waals surface area contributed by atoms with Gasteiger partial charge in [-0.3, -0.25) is 4.79 Å². The highest BCUT2D eigenvalue weighted by Gasteiger charge is 2.04. The zero-order valence-corrected chi connectivity index (χ0v) is 11.2. The summed E-state index contributed by atoms with van der Waals surface area (Å²) in [5, 5.41) is 3.18. The third kappa shape index (κ3) is 4.04. The molecule has 2 aromatic carbocycles. The Morgan fingerprint density at radius 1 is 0.947 bits per heavy atom. The van der Waals surface area contributed by atoms with E-state index in [4.69, 9.17) is 0 Å². The van der Waals surface area contributed by atoms with Crippen molar-refractivity contribution in [2.75, 3.05) is 6.54 Å². The Morgan fingerprint density at radius 2 is 1.63 bits per heavy atom. The zero-order valence-electron chi connectivity index (χ0n) is 11.2. The second-order valence-electron chi connectivity index (χ2n) is 4.56. The van der Waals surface area contributed by atoms with E-state index in [0.717, 1.165) is 18.5 Å². The van der Waals surface area contributed by atoms with Crippen molar-refractivity contribution in [3.63, 3.8) is 0 Å². The van der Waals surface area contributed by atoms with Gasteiger partial charge in [-0.15, -0.1) is 0 Å². The van der Waals surface area contributed by atoms with Gasteiger partial charge in [-0.2, -0.15) is 0 Å². The maximum absolute atomic E-state index is 12.0. The summed E-state index contributed by atoms with van der Waals surface area (Å²) in [5.41, 5.74) is 3.23. The summed E-state index contributed by atoms with van der Waals surface area (Å²) in [5.74, 6) is 0.138. The minimum atomic E-state index is 0.138. The van der Waals surface area contributed by atoms with Gasteiger partial charge in [0.25, 0.3) is 0 Å². The van der Waals surface area contributed by atoms with Crippen molar-refractivity contribution >= 4 is 5.78 Å². The van der Waals surface area contributed by atoms with Crippen LogP contribution in [0.3, 0.4) is 0 Å². The number of aryl methyl sites for hydroxylation is 1. The summed E-state index contributed by atoms with van der Waals surface area (Å²) in [6.07, 6.45) is 1.00. The summed E-state index contributed by atoms with van der Waals surface area (Å²) in [4.78, 5) is 12.0. The van der Waals surface area contributed by atoms with Gasteiger partial charge in [0, 0.05) is 12.1 Å². The van der Waals surface area contributed by atoms with Crippen molar-refractivity contribution in [1.29, 1.82) is 0 Å². The van der Waals surface area contributed by atoms with Crippen LogP contribution in [0, 0.1) is 0 Å². The lowest BCUT2D eigenvalue weighted by Crippen LogP contribution is -2.22. The first kappa shape index (κ1) is 13.5. The Labute approximate surface area is 114 Å². The second-order valence-corrected chi connectivity index (χ2v) is 4.56. The van der Waals surface area contributed by atoms with E-state index in [1.165, 1.54) is 11.1 Å². The fourth-order valence-corrected chi connectivity index (χ4v) is 1.94. The molecular weight excluding hydrogens is 234 g/mol. The lowest BCUT2D eigenvalue weighted by Gasteiger charge is -2.05. The van der Waals surface area contributed by atoms with Gasteiger partial charge in [0.05, 0.1) is 6.54 Å². The fraction of sp³-hybridized carbons (Fsp3) is 0.235. The molecule has 0 atom stereocenters. The lowest BCUT2D eigenvalue weighted by atomic mass is 10.1. The van der Waals surface area contributed by atoms with Crippen LogP contribution in [0.15, 0.2) is 54.6 Å². The van der Waals surface area contributed by atoms with E-state index in [-0.39, 0.29) is 5.78 Å². The van der Waals surface area contributed by atoms with Crippen LogP contribution in [-0.4, -0.2) is 12.3 Å². The molecule has 0 aliphatic carbocycles. The van der Waals surface area contributed by atoms with Gasteiger partial charge in [-0.1, -0.05) is 61.5 Å². The van der Waals surface area contributed by atoms with Gasteiger partial charge < -0.3 is 5.32 Å². The molecule has 2 heteroatoms. The van der Waals surface area contributed by atoms with Crippen LogP contribution in [0.5, 0.6) is 0 Å². The summed E-state index contributed by atoms with van der Waals surface area (Å²) >= 11 is 0. The van der Waals surface area contributed by atoms with E-state index in [0.29, 0.717) is 6.54 Å². The number of rotatable bonds is 6. The molecule has 0 spiro atoms. The van der Waals surface area contributed by atoms with E-state index in [1.807, 2.05) is 54.6 Å². The van der Waals surface area contributed by atoms with Crippen molar-refractivity contribution < 1.29 is 4.79 Å². The highest BCUT2D eigenvalue weighted by atomic mass is 16.1. The Hall–Kier alpha value is -1.93. The SMILES string of the molecule is CCc1ccc(C(=O)CNCc2ccccc2)cc1. The van der Waals surface area contributed by atoms with E-state index in [9.17, 15) is 4.79 Å². The van der Waals surface area contributed by atoms with Gasteiger partial charge in [0.1, 0.15) is 0 Å². The quantitative estimate of drug-likeness (QED) is 0.801. The van der Waals surface area contributed by atoms with Gasteiger partial charge in [-0.05, 0) is 17.5 Å². The van der Waals surface area contributed by atoms with E-state index in [2.05, 4.69) is 12.2 Å². The largest absolute Gasteiger partial charge is 0.306 e. The molecule has 0 fully saturated rings. The fourth-order valence-electron chi connectivity index (χ4n) is 1.94. The van der Waals surface area contributed by atoms with Crippen molar-refractivity contribution in [2.45, 2.75) is 19.9 Å². The van der Waals surface area contributed by atoms with Crippen LogP contribution in [0.25, 0.3) is 0 Å². The Kier molecular flexibility index (Phi) is 4.87. The minimum Gasteiger partial charge on any atom is -0.306 e. The Bertz CT molecular complexity index is 517. The number of benzene rings is 2. The molecule has 0 saturated heterocycles. The molecule has 98 valence electrons. The average molecular weight is 253 g/mol. The highest BCUT2D eigenvalue weighted by Crippen LogP contribution is 2.05. The Balaban J connectivity index is 1.84. The van der Waals surface area contributed by atoms with Gasteiger partial charge >= 0.3 is 0 Å². The first-order chi connectivity index (χ1) is 9.29. The van der Waals surface area contributed by atoms with Crippen LogP contribution in [0.4, 0.5) is 0 Å². The first-order valence-corrected chi connectivity index (χ1v) is 6.66. The summed E-state index contributed by atoms with van der Waals surface area (Å²) < 4.78 is 0. The first-order valence-electron chi connectivity index (χ1n) is 6.66. The van der Waals surface area contributed by atoms with Gasteiger partial charge in [-0.25, -0.2) is 0 Å². The molecule has 1 N–H and O–H groups in total. The number of carbonyl (C=O) groups is 1. The van der Waals surface area contributed by atoms with E-state index < -0.39 is 0 Å². The molecule has 0 aliphatic heterocycles. The average Bonchev–Trinajstić information content (AvgIpc) is 2.48. The van der Waals surface area contributed by atoms with Crippen LogP contribution in [-0.2, 0) is 13.0 Å². The van der Waals surface area contributed by atoms with Crippen molar-refractivity contribution in [3.8, 4) is 0 Å². The van der Waals surface area contributed by atoms with E-state index >= 15 is 0 Å². The third-order valence-electron chi connectivity index (χ3n) is 3.14. The smallest absolute Gasteiger partial charge is 0.176 e. The minimum absolute atomic E-state index is 0.138. The highest BCUT2D eigenvalue weighted by molar-refractivity contribution is 5.97. The van der Waals surface area contributed by atoms with Crippen molar-refractivity contribution in [3.05, 3.63) is 71.3 Å². The number of ketones is 1. The standard InChI is InChI=1S/C17H19NO/c1-2-14-8-10-16(11-9-14)17(19)13-18-12-15-6-4-3-5-7-15/h3-11,18H,2,12-13H2,1H3. The predicted molar refractivity (Wildman–Crippen MR) is 78.3 cm³/mol. The number of hydrogen-bond donors (Lipinski definition) is 1. The summed E-state index contributed by atoms with van der Waals surface area (Å²) in [6.45, 7) is 3.21. The lowest BCUT2D eigenvalue weighted by molar-refractivity contribution is 0.0991. The topological polar surface area (TPSA) is 29.1 Å². The molecule has 2 rings (SSSR count). The summed E-state index contributed by atoms with van der Waals surface area (Å²) in [6, 6.07) is 17.9. The Morgan fingerprint density at radius 3 is 2.26 bits per heavy atom. The molecule has 0 radical (unpaired) electrons. The van der Waals surface area contributed by atoms with Crippen LogP contribution >= 0.6 is 0 Å². The number of Topliss-reactive ketones (excluding diaryl/α,β-unsaturated/α-hetero) is 1. The molecule has 0 amide bonds. The van der Waals surface area contributed by atoms with Crippen LogP contribution in [0.1, 0.15) is 28.4 Å². The molecule has 0 aliphatic rings. The van der Waals surface area contributed by atoms with E-state index in [1.54, 1.807) is 0 Å². The van der Waals surface area contributed by atoms with Crippen molar-refractivity contribution in [1.82, 2.24) is 5.32 Å². The number of hydrogen-bond acceptors (Lipinski definition) is 2. The van der Waals surface area contributed by atoms with Crippen LogP contribution < -0.4 is 5.32 Å². The van der Waals surface area contributed by atoms with Gasteiger partial charge in [0.15, 0.2) is 5.78 Å². The zero-order chi connectivity index (χ0) is 13.5. The van der Waals surface area contributed by atoms with Crippen molar-refractivity contribution in [2.24, 2.45) is 0 Å². The second kappa shape index (κ2) is 6.86.